The highest BCUT2D eigenvalue weighted by Gasteiger charge is 2.31. The molecular formula is C24H20N4O3. The van der Waals surface area contributed by atoms with Crippen molar-refractivity contribution < 1.29 is 14.3 Å². The van der Waals surface area contributed by atoms with Crippen molar-refractivity contribution in [3.8, 4) is 11.8 Å². The van der Waals surface area contributed by atoms with Crippen LogP contribution in [0.15, 0.2) is 84.5 Å². The number of esters is 1. The number of Topliss-reactive ketones (excluding diaryl/α,β-unsaturated/α-hetero) is 1. The molecule has 1 aliphatic heterocycles. The standard InChI is InChI=1S/C24H20N4O3/c1-26-20-10-3-4-11-21(20)27(2)23(26)19(15-25)22(29)16-31-24(30)17-8-7-9-18(14-17)28-12-5-6-13-28/h3-14H,16H2,1-2H3. The molecule has 7 nitrogen and oxygen atoms in total. The molecule has 0 atom stereocenters. The van der Waals surface area contributed by atoms with Gasteiger partial charge in [-0.2, -0.15) is 5.26 Å². The van der Waals surface area contributed by atoms with E-state index in [1.807, 2.05) is 65.5 Å². The number of ether oxygens (including phenoxy) is 1. The number of benzene rings is 2. The number of ketones is 1. The predicted octanol–water partition coefficient (Wildman–Crippen LogP) is 3.52. The summed E-state index contributed by atoms with van der Waals surface area (Å²) in [7, 11) is 3.59. The smallest absolute Gasteiger partial charge is 0.338 e. The van der Waals surface area contributed by atoms with Crippen molar-refractivity contribution in [3.63, 3.8) is 0 Å². The first-order valence-electron chi connectivity index (χ1n) is 9.66. The molecule has 0 N–H and O–H groups in total. The maximum absolute atomic E-state index is 12.8. The Kier molecular flexibility index (Phi) is 5.29. The quantitative estimate of drug-likeness (QED) is 0.362. The van der Waals surface area contributed by atoms with E-state index in [4.69, 9.17) is 4.74 Å². The van der Waals surface area contributed by atoms with Crippen LogP contribution in [-0.4, -0.2) is 37.0 Å². The lowest BCUT2D eigenvalue weighted by molar-refractivity contribution is -0.118. The molecule has 154 valence electrons. The molecule has 3 aromatic rings. The third-order valence-electron chi connectivity index (χ3n) is 5.17. The average molecular weight is 412 g/mol. The van der Waals surface area contributed by atoms with Crippen LogP contribution in [0.3, 0.4) is 0 Å². The van der Waals surface area contributed by atoms with Crippen molar-refractivity contribution in [1.29, 1.82) is 5.26 Å². The Bertz CT molecular complexity index is 1190. The Morgan fingerprint density at radius 3 is 2.19 bits per heavy atom. The predicted molar refractivity (Wildman–Crippen MR) is 117 cm³/mol. The summed E-state index contributed by atoms with van der Waals surface area (Å²) < 4.78 is 7.10. The van der Waals surface area contributed by atoms with Gasteiger partial charge in [0.05, 0.1) is 16.9 Å². The molecule has 0 saturated heterocycles. The molecule has 0 fully saturated rings. The molecule has 2 aromatic carbocycles. The third-order valence-corrected chi connectivity index (χ3v) is 5.17. The van der Waals surface area contributed by atoms with Gasteiger partial charge in [-0.25, -0.2) is 4.79 Å². The van der Waals surface area contributed by atoms with Gasteiger partial charge in [-0.3, -0.25) is 4.79 Å². The Morgan fingerprint density at radius 2 is 1.58 bits per heavy atom. The first-order chi connectivity index (χ1) is 15.0. The van der Waals surface area contributed by atoms with E-state index in [9.17, 15) is 14.9 Å². The summed E-state index contributed by atoms with van der Waals surface area (Å²) in [6.07, 6.45) is 3.73. The topological polar surface area (TPSA) is 78.6 Å². The number of anilines is 2. The number of carbonyl (C=O) groups excluding carboxylic acids is 2. The summed E-state index contributed by atoms with van der Waals surface area (Å²) in [6, 6.07) is 20.3. The van der Waals surface area contributed by atoms with E-state index < -0.39 is 18.4 Å². The molecule has 2 heterocycles. The van der Waals surface area contributed by atoms with Crippen molar-refractivity contribution in [2.45, 2.75) is 0 Å². The van der Waals surface area contributed by atoms with Gasteiger partial charge in [0.25, 0.3) is 0 Å². The van der Waals surface area contributed by atoms with Gasteiger partial charge in [-0.1, -0.05) is 18.2 Å². The second kappa shape index (κ2) is 8.20. The lowest BCUT2D eigenvalue weighted by atomic mass is 10.1. The zero-order valence-electron chi connectivity index (χ0n) is 17.1. The maximum Gasteiger partial charge on any atom is 0.338 e. The average Bonchev–Trinajstić information content (AvgIpc) is 3.42. The lowest BCUT2D eigenvalue weighted by Gasteiger charge is -2.19. The zero-order chi connectivity index (χ0) is 22.0. The van der Waals surface area contributed by atoms with Crippen LogP contribution in [-0.2, 0) is 9.53 Å². The van der Waals surface area contributed by atoms with Gasteiger partial charge >= 0.3 is 5.97 Å². The van der Waals surface area contributed by atoms with E-state index in [1.165, 1.54) is 0 Å². The van der Waals surface area contributed by atoms with Crippen molar-refractivity contribution in [2.75, 3.05) is 30.5 Å². The van der Waals surface area contributed by atoms with Crippen molar-refractivity contribution >= 4 is 23.1 Å². The number of aromatic nitrogens is 1. The first kappa shape index (κ1) is 20.0. The van der Waals surface area contributed by atoms with Crippen molar-refractivity contribution in [1.82, 2.24) is 4.57 Å². The van der Waals surface area contributed by atoms with Crippen LogP contribution < -0.4 is 9.80 Å². The normalized spacial score (nSPS) is 12.4. The Labute approximate surface area is 180 Å². The first-order valence-corrected chi connectivity index (χ1v) is 9.66. The molecule has 0 bridgehead atoms. The number of nitriles is 1. The van der Waals surface area contributed by atoms with Crippen molar-refractivity contribution in [3.05, 3.63) is 90.0 Å². The number of carbonyl (C=O) groups is 2. The van der Waals surface area contributed by atoms with Gasteiger partial charge in [0, 0.05) is 32.2 Å². The Hall–Kier alpha value is -4.31. The monoisotopic (exact) mass is 412 g/mol. The van der Waals surface area contributed by atoms with Crippen LogP contribution in [0.1, 0.15) is 10.4 Å². The van der Waals surface area contributed by atoms with Gasteiger partial charge < -0.3 is 19.1 Å². The second-order valence-electron chi connectivity index (χ2n) is 7.06. The number of para-hydroxylation sites is 2. The fourth-order valence-electron chi connectivity index (χ4n) is 3.64. The molecule has 1 aromatic heterocycles. The third kappa shape index (κ3) is 3.67. The molecule has 7 heteroatoms. The maximum atomic E-state index is 12.8. The fourth-order valence-corrected chi connectivity index (χ4v) is 3.64. The van der Waals surface area contributed by atoms with E-state index in [0.29, 0.717) is 11.4 Å². The molecule has 0 unspecified atom stereocenters. The van der Waals surface area contributed by atoms with Gasteiger partial charge in [-0.05, 0) is 42.5 Å². The van der Waals surface area contributed by atoms with E-state index in [-0.39, 0.29) is 5.57 Å². The SMILES string of the molecule is CN1C(=C(C#N)C(=O)COC(=O)c2cccc(-n3cccc3)c2)N(C)c2ccccc21. The van der Waals surface area contributed by atoms with Crippen LogP contribution >= 0.6 is 0 Å². The molecule has 31 heavy (non-hydrogen) atoms. The largest absolute Gasteiger partial charge is 0.454 e. The van der Waals surface area contributed by atoms with Crippen LogP contribution in [0.5, 0.6) is 0 Å². The number of rotatable bonds is 5. The number of hydrogen-bond donors (Lipinski definition) is 0. The summed E-state index contributed by atoms with van der Waals surface area (Å²) in [6.45, 7) is -0.517. The summed E-state index contributed by atoms with van der Waals surface area (Å²) in [5.74, 6) is -0.723. The van der Waals surface area contributed by atoms with E-state index >= 15 is 0 Å². The molecule has 0 amide bonds. The van der Waals surface area contributed by atoms with Gasteiger partial charge in [0.1, 0.15) is 17.5 Å². The lowest BCUT2D eigenvalue weighted by Crippen LogP contribution is -2.27. The Morgan fingerprint density at radius 1 is 0.935 bits per heavy atom. The molecule has 0 spiro atoms. The van der Waals surface area contributed by atoms with Gasteiger partial charge in [0.15, 0.2) is 6.61 Å². The van der Waals surface area contributed by atoms with E-state index in [2.05, 4.69) is 0 Å². The highest BCUT2D eigenvalue weighted by molar-refractivity contribution is 6.04. The summed E-state index contributed by atoms with van der Waals surface area (Å²) >= 11 is 0. The highest BCUT2D eigenvalue weighted by atomic mass is 16.5. The number of nitrogens with zero attached hydrogens (tertiary/aromatic N) is 4. The number of hydrogen-bond acceptors (Lipinski definition) is 6. The van der Waals surface area contributed by atoms with Crippen LogP contribution in [0.25, 0.3) is 5.69 Å². The highest BCUT2D eigenvalue weighted by Crippen LogP contribution is 2.40. The summed E-state index contributed by atoms with van der Waals surface area (Å²) in [4.78, 5) is 28.9. The van der Waals surface area contributed by atoms with E-state index in [1.54, 1.807) is 42.1 Å². The summed E-state index contributed by atoms with van der Waals surface area (Å²) in [5, 5.41) is 9.67. The second-order valence-corrected chi connectivity index (χ2v) is 7.06. The van der Waals surface area contributed by atoms with Crippen LogP contribution in [0, 0.1) is 11.3 Å². The molecule has 1 aliphatic rings. The van der Waals surface area contributed by atoms with E-state index in [0.717, 1.165) is 17.1 Å². The molecular weight excluding hydrogens is 392 g/mol. The minimum Gasteiger partial charge on any atom is -0.454 e. The minimum absolute atomic E-state index is 0.0601. The minimum atomic E-state index is -0.624. The number of fused-ring (bicyclic) bond motifs is 1. The van der Waals surface area contributed by atoms with Crippen molar-refractivity contribution in [2.24, 2.45) is 0 Å². The molecule has 4 rings (SSSR count). The Balaban J connectivity index is 1.51. The van der Waals surface area contributed by atoms with Gasteiger partial charge in [-0.15, -0.1) is 0 Å². The molecule has 0 radical (unpaired) electrons. The fraction of sp³-hybridized carbons (Fsp3) is 0.125. The van der Waals surface area contributed by atoms with Gasteiger partial charge in [0.2, 0.25) is 5.78 Å². The van der Waals surface area contributed by atoms with Crippen LogP contribution in [0.2, 0.25) is 0 Å². The summed E-state index contributed by atoms with van der Waals surface area (Å²) in [5.41, 5.74) is 2.85. The zero-order valence-corrected chi connectivity index (χ0v) is 17.1. The molecule has 0 aliphatic carbocycles. The molecule has 0 saturated carbocycles. The van der Waals surface area contributed by atoms with Crippen LogP contribution in [0.4, 0.5) is 11.4 Å².